The van der Waals surface area contributed by atoms with E-state index in [1.165, 1.54) is 16.9 Å². The molecule has 1 amide bonds. The third-order valence-electron chi connectivity index (χ3n) is 3.32. The fourth-order valence-electron chi connectivity index (χ4n) is 2.17. The monoisotopic (exact) mass is 316 g/mol. The molecule has 0 aliphatic carbocycles. The average molecular weight is 316 g/mol. The van der Waals surface area contributed by atoms with Gasteiger partial charge in [0.2, 0.25) is 0 Å². The predicted molar refractivity (Wildman–Crippen MR) is 81.5 cm³/mol. The van der Waals surface area contributed by atoms with E-state index in [0.717, 1.165) is 12.1 Å². The second-order valence-corrected chi connectivity index (χ2v) is 5.06. The van der Waals surface area contributed by atoms with E-state index in [-0.39, 0.29) is 12.5 Å². The highest BCUT2D eigenvalue weighted by Gasteiger charge is 2.11. The second-order valence-electron chi connectivity index (χ2n) is 5.06. The molecule has 2 aromatic rings. The molecule has 5 nitrogen and oxygen atoms in total. The van der Waals surface area contributed by atoms with Gasteiger partial charge in [-0.3, -0.25) is 9.48 Å². The van der Waals surface area contributed by atoms with E-state index in [1.54, 1.807) is 24.5 Å². The maximum atomic E-state index is 13.2. The number of hydrogen-bond donors (Lipinski definition) is 2. The SMILES string of the molecule is O=C(Nc1cnn(Cc2ccc(F)c(F)c2)c1)C1=CC=CNC1. The Bertz CT molecular complexity index is 795. The number of aromatic nitrogens is 2. The Labute approximate surface area is 131 Å². The number of nitrogens with one attached hydrogen (secondary N) is 2. The third kappa shape index (κ3) is 3.63. The van der Waals surface area contributed by atoms with Crippen LogP contribution in [0.5, 0.6) is 0 Å². The number of rotatable bonds is 4. The molecule has 2 heterocycles. The molecule has 0 fully saturated rings. The Balaban J connectivity index is 1.65. The lowest BCUT2D eigenvalue weighted by Crippen LogP contribution is -2.23. The minimum absolute atomic E-state index is 0.214. The first-order chi connectivity index (χ1) is 11.1. The van der Waals surface area contributed by atoms with Gasteiger partial charge in [0.25, 0.3) is 5.91 Å². The number of halogens is 2. The minimum atomic E-state index is -0.895. The van der Waals surface area contributed by atoms with Crippen LogP contribution < -0.4 is 10.6 Å². The first-order valence-electron chi connectivity index (χ1n) is 6.98. The molecule has 1 aliphatic rings. The van der Waals surface area contributed by atoms with Crippen LogP contribution in [-0.2, 0) is 11.3 Å². The van der Waals surface area contributed by atoms with Crippen LogP contribution in [0.2, 0.25) is 0 Å². The Kier molecular flexibility index (Phi) is 4.18. The van der Waals surface area contributed by atoms with Gasteiger partial charge in [0, 0.05) is 18.3 Å². The van der Waals surface area contributed by atoms with E-state index in [4.69, 9.17) is 0 Å². The standard InChI is InChI=1S/C16H14F2N4O/c17-14-4-3-11(6-15(14)18)9-22-10-13(8-20-22)21-16(23)12-2-1-5-19-7-12/h1-6,8,10,19H,7,9H2,(H,21,23). The van der Waals surface area contributed by atoms with Crippen LogP contribution in [0.4, 0.5) is 14.5 Å². The van der Waals surface area contributed by atoms with Crippen LogP contribution in [0.3, 0.4) is 0 Å². The molecule has 1 aromatic carbocycles. The van der Waals surface area contributed by atoms with E-state index in [0.29, 0.717) is 23.4 Å². The molecule has 118 valence electrons. The van der Waals surface area contributed by atoms with Gasteiger partial charge in [0.15, 0.2) is 11.6 Å². The summed E-state index contributed by atoms with van der Waals surface area (Å²) >= 11 is 0. The molecule has 0 spiro atoms. The van der Waals surface area contributed by atoms with Crippen molar-refractivity contribution >= 4 is 11.6 Å². The highest BCUT2D eigenvalue weighted by atomic mass is 19.2. The number of nitrogens with zero attached hydrogens (tertiary/aromatic N) is 2. The van der Waals surface area contributed by atoms with Crippen LogP contribution >= 0.6 is 0 Å². The predicted octanol–water partition coefficient (Wildman–Crippen LogP) is 2.19. The maximum Gasteiger partial charge on any atom is 0.253 e. The average Bonchev–Trinajstić information content (AvgIpc) is 2.99. The summed E-state index contributed by atoms with van der Waals surface area (Å²) in [5.74, 6) is -1.99. The van der Waals surface area contributed by atoms with Crippen LogP contribution in [0, 0.1) is 11.6 Å². The Morgan fingerprint density at radius 2 is 2.22 bits per heavy atom. The molecule has 1 aliphatic heterocycles. The van der Waals surface area contributed by atoms with E-state index < -0.39 is 11.6 Å². The molecule has 0 unspecified atom stereocenters. The molecule has 0 atom stereocenters. The molecule has 0 saturated carbocycles. The lowest BCUT2D eigenvalue weighted by Gasteiger charge is -2.09. The smallest absolute Gasteiger partial charge is 0.253 e. The molecular weight excluding hydrogens is 302 g/mol. The molecule has 0 radical (unpaired) electrons. The first-order valence-corrected chi connectivity index (χ1v) is 6.98. The summed E-state index contributed by atoms with van der Waals surface area (Å²) < 4.78 is 27.6. The van der Waals surface area contributed by atoms with E-state index in [1.807, 2.05) is 0 Å². The van der Waals surface area contributed by atoms with Crippen LogP contribution in [-0.4, -0.2) is 22.2 Å². The van der Waals surface area contributed by atoms with Gasteiger partial charge < -0.3 is 10.6 Å². The van der Waals surface area contributed by atoms with Gasteiger partial charge in [0.1, 0.15) is 0 Å². The van der Waals surface area contributed by atoms with Crippen molar-refractivity contribution in [2.45, 2.75) is 6.54 Å². The summed E-state index contributed by atoms with van der Waals surface area (Å²) in [6.45, 7) is 0.741. The number of hydrogen-bond acceptors (Lipinski definition) is 3. The Morgan fingerprint density at radius 3 is 2.96 bits per heavy atom. The van der Waals surface area contributed by atoms with Gasteiger partial charge >= 0.3 is 0 Å². The van der Waals surface area contributed by atoms with Gasteiger partial charge in [-0.05, 0) is 30.0 Å². The molecule has 7 heteroatoms. The van der Waals surface area contributed by atoms with Crippen molar-refractivity contribution in [2.75, 3.05) is 11.9 Å². The number of benzene rings is 1. The zero-order valence-corrected chi connectivity index (χ0v) is 12.1. The lowest BCUT2D eigenvalue weighted by atomic mass is 10.2. The summed E-state index contributed by atoms with van der Waals surface area (Å²) in [6, 6.07) is 3.69. The number of carbonyl (C=O) groups is 1. The lowest BCUT2D eigenvalue weighted by molar-refractivity contribution is -0.112. The van der Waals surface area contributed by atoms with Crippen molar-refractivity contribution in [3.8, 4) is 0 Å². The van der Waals surface area contributed by atoms with Crippen molar-refractivity contribution < 1.29 is 13.6 Å². The largest absolute Gasteiger partial charge is 0.387 e. The molecule has 23 heavy (non-hydrogen) atoms. The van der Waals surface area contributed by atoms with Crippen LogP contribution in [0.15, 0.2) is 54.5 Å². The zero-order valence-electron chi connectivity index (χ0n) is 12.1. The third-order valence-corrected chi connectivity index (χ3v) is 3.32. The van der Waals surface area contributed by atoms with Crippen LogP contribution in [0.1, 0.15) is 5.56 Å². The number of allylic oxidation sites excluding steroid dienone is 2. The highest BCUT2D eigenvalue weighted by molar-refractivity contribution is 6.04. The highest BCUT2D eigenvalue weighted by Crippen LogP contribution is 2.12. The van der Waals surface area contributed by atoms with E-state index >= 15 is 0 Å². The van der Waals surface area contributed by atoms with Crippen molar-refractivity contribution in [2.24, 2.45) is 0 Å². The van der Waals surface area contributed by atoms with E-state index in [2.05, 4.69) is 15.7 Å². The van der Waals surface area contributed by atoms with Gasteiger partial charge in [-0.15, -0.1) is 0 Å². The van der Waals surface area contributed by atoms with Crippen LogP contribution in [0.25, 0.3) is 0 Å². The van der Waals surface area contributed by atoms with Crippen molar-refractivity contribution in [3.63, 3.8) is 0 Å². The second kappa shape index (κ2) is 6.43. The quantitative estimate of drug-likeness (QED) is 0.909. The number of dihydropyridines is 1. The van der Waals surface area contributed by atoms with Gasteiger partial charge in [-0.25, -0.2) is 8.78 Å². The van der Waals surface area contributed by atoms with Crippen molar-refractivity contribution in [1.82, 2.24) is 15.1 Å². The minimum Gasteiger partial charge on any atom is -0.387 e. The van der Waals surface area contributed by atoms with Crippen molar-refractivity contribution in [1.29, 1.82) is 0 Å². The van der Waals surface area contributed by atoms with Gasteiger partial charge in [-0.1, -0.05) is 12.1 Å². The van der Waals surface area contributed by atoms with E-state index in [9.17, 15) is 13.6 Å². The molecular formula is C16H14F2N4O. The van der Waals surface area contributed by atoms with Crippen molar-refractivity contribution in [3.05, 3.63) is 71.7 Å². The Morgan fingerprint density at radius 1 is 1.35 bits per heavy atom. The molecule has 0 bridgehead atoms. The van der Waals surface area contributed by atoms with Gasteiger partial charge in [0.05, 0.1) is 18.4 Å². The fraction of sp³-hybridized carbons (Fsp3) is 0.125. The summed E-state index contributed by atoms with van der Waals surface area (Å²) in [4.78, 5) is 12.0. The number of anilines is 1. The summed E-state index contributed by atoms with van der Waals surface area (Å²) in [7, 11) is 0. The number of amides is 1. The summed E-state index contributed by atoms with van der Waals surface area (Å²) in [5, 5.41) is 9.79. The topological polar surface area (TPSA) is 59.0 Å². The summed E-state index contributed by atoms with van der Waals surface area (Å²) in [5.41, 5.74) is 1.73. The molecule has 0 saturated heterocycles. The normalized spacial score (nSPS) is 13.4. The zero-order chi connectivity index (χ0) is 16.2. The van der Waals surface area contributed by atoms with Gasteiger partial charge in [-0.2, -0.15) is 5.10 Å². The Hall–Kier alpha value is -2.96. The fourth-order valence-corrected chi connectivity index (χ4v) is 2.17. The molecule has 2 N–H and O–H groups in total. The number of carbonyl (C=O) groups excluding carboxylic acids is 1. The summed E-state index contributed by atoms with van der Waals surface area (Å²) in [6.07, 6.45) is 8.38. The molecule has 3 rings (SSSR count). The first kappa shape index (κ1) is 15.0. The maximum absolute atomic E-state index is 13.2. The molecule has 1 aromatic heterocycles.